The monoisotopic (exact) mass is 537 g/mol. The number of nitrogens with one attached hydrogen (secondary N) is 1. The van der Waals surface area contributed by atoms with Crippen molar-refractivity contribution in [1.82, 2.24) is 10.3 Å². The average Bonchev–Trinajstić information content (AvgIpc) is 3.34. The lowest BCUT2D eigenvalue weighted by atomic mass is 10.1. The number of anilines is 3. The van der Waals surface area contributed by atoms with Gasteiger partial charge in [-0.25, -0.2) is 4.39 Å². The molecular formula is C25H31F4N7S. The third kappa shape index (κ3) is 6.42. The number of rotatable bonds is 6. The largest absolute Gasteiger partial charge is 0.416 e. The molecule has 2 fully saturated rings. The molecule has 2 saturated heterocycles. The number of alkyl halides is 3. The molecule has 0 saturated carbocycles. The maximum absolute atomic E-state index is 15.4. The van der Waals surface area contributed by atoms with Gasteiger partial charge in [0, 0.05) is 62.2 Å². The second-order valence-electron chi connectivity index (χ2n) is 9.47. The molecule has 2 aromatic carbocycles. The summed E-state index contributed by atoms with van der Waals surface area (Å²) < 4.78 is 54.8. The van der Waals surface area contributed by atoms with Crippen molar-refractivity contribution in [2.24, 2.45) is 10.8 Å². The van der Waals surface area contributed by atoms with Crippen molar-refractivity contribution in [2.45, 2.75) is 18.6 Å². The Balaban J connectivity index is 1.55. The van der Waals surface area contributed by atoms with E-state index in [1.54, 1.807) is 6.07 Å². The summed E-state index contributed by atoms with van der Waals surface area (Å²) >= 11 is 4.79. The standard InChI is InChI=1S/C25H31F4N7S/c1-33(2)20-6-7-36(16-20)22-14-23(21(26)12-17(22)15-31-32-24(30)37)35-10-8-34(9-11-35)19-5-3-4-18(13-19)25(27,28)29/h3-5,12-15,20H,6-11,16H2,1-2H3,(H3,30,32,37)/t20-/m0/s1. The fourth-order valence-corrected chi connectivity index (χ4v) is 4.87. The van der Waals surface area contributed by atoms with Gasteiger partial charge in [-0.15, -0.1) is 0 Å². The fourth-order valence-electron chi connectivity index (χ4n) is 4.82. The zero-order valence-corrected chi connectivity index (χ0v) is 21.6. The summed E-state index contributed by atoms with van der Waals surface area (Å²) in [6.07, 6.45) is -1.90. The van der Waals surface area contributed by atoms with Crippen molar-refractivity contribution < 1.29 is 17.6 Å². The van der Waals surface area contributed by atoms with E-state index in [4.69, 9.17) is 18.0 Å². The summed E-state index contributed by atoms with van der Waals surface area (Å²) in [5, 5.41) is 4.05. The van der Waals surface area contributed by atoms with E-state index >= 15 is 4.39 Å². The first kappa shape index (κ1) is 26.9. The first-order valence-electron chi connectivity index (χ1n) is 12.0. The number of hydrazone groups is 1. The van der Waals surface area contributed by atoms with Crippen molar-refractivity contribution in [3.05, 3.63) is 53.3 Å². The Kier molecular flexibility index (Phi) is 8.08. The lowest BCUT2D eigenvalue weighted by molar-refractivity contribution is -0.137. The average molecular weight is 538 g/mol. The Morgan fingerprint density at radius 3 is 2.38 bits per heavy atom. The molecular weight excluding hydrogens is 506 g/mol. The van der Waals surface area contributed by atoms with Gasteiger partial charge in [0.15, 0.2) is 5.11 Å². The first-order chi connectivity index (χ1) is 17.5. The SMILES string of the molecule is CN(C)[C@H]1CCN(c2cc(N3CCN(c4cccc(C(F)(F)F)c4)CC3)c(F)cc2C=NNC(N)=S)C1. The Hall–Kier alpha value is -3.12. The molecule has 2 aliphatic rings. The highest BCUT2D eigenvalue weighted by atomic mass is 32.1. The Morgan fingerprint density at radius 2 is 1.76 bits per heavy atom. The summed E-state index contributed by atoms with van der Waals surface area (Å²) in [6.45, 7) is 3.52. The molecule has 0 aliphatic carbocycles. The highest BCUT2D eigenvalue weighted by Gasteiger charge is 2.32. The second-order valence-corrected chi connectivity index (χ2v) is 9.91. The number of nitrogens with zero attached hydrogens (tertiary/aromatic N) is 5. The molecule has 0 bridgehead atoms. The van der Waals surface area contributed by atoms with Crippen LogP contribution in [0.1, 0.15) is 17.5 Å². The number of thiocarbonyl (C=S) groups is 1. The van der Waals surface area contributed by atoms with Crippen molar-refractivity contribution in [1.29, 1.82) is 0 Å². The van der Waals surface area contributed by atoms with E-state index in [-0.39, 0.29) is 5.11 Å². The van der Waals surface area contributed by atoms with Gasteiger partial charge in [-0.2, -0.15) is 18.3 Å². The molecule has 0 spiro atoms. The number of piperazine rings is 1. The summed E-state index contributed by atoms with van der Waals surface area (Å²) in [4.78, 5) is 8.24. The molecule has 3 N–H and O–H groups in total. The summed E-state index contributed by atoms with van der Waals surface area (Å²) in [6, 6.07) is 9.00. The van der Waals surface area contributed by atoms with E-state index < -0.39 is 17.6 Å². The van der Waals surface area contributed by atoms with Crippen molar-refractivity contribution in [3.8, 4) is 0 Å². The smallest absolute Gasteiger partial charge is 0.375 e. The lowest BCUT2D eigenvalue weighted by Crippen LogP contribution is -2.47. The predicted molar refractivity (Wildman–Crippen MR) is 144 cm³/mol. The number of halogens is 4. The summed E-state index contributed by atoms with van der Waals surface area (Å²) in [5.41, 5.74) is 9.73. The molecule has 0 radical (unpaired) electrons. The van der Waals surface area contributed by atoms with Crippen LogP contribution in [0.25, 0.3) is 0 Å². The molecule has 2 aromatic rings. The van der Waals surface area contributed by atoms with Crippen LogP contribution in [0, 0.1) is 5.82 Å². The van der Waals surface area contributed by atoms with Gasteiger partial charge in [0.1, 0.15) is 5.82 Å². The van der Waals surface area contributed by atoms with Gasteiger partial charge in [0.2, 0.25) is 0 Å². The van der Waals surface area contributed by atoms with Crippen LogP contribution >= 0.6 is 12.2 Å². The van der Waals surface area contributed by atoms with Crippen LogP contribution in [0.4, 0.5) is 34.6 Å². The van der Waals surface area contributed by atoms with Gasteiger partial charge < -0.3 is 25.3 Å². The van der Waals surface area contributed by atoms with Crippen LogP contribution in [0.15, 0.2) is 41.5 Å². The second kappa shape index (κ2) is 11.1. The number of benzene rings is 2. The predicted octanol–water partition coefficient (Wildman–Crippen LogP) is 3.48. The van der Waals surface area contributed by atoms with Crippen LogP contribution < -0.4 is 25.9 Å². The number of nitrogens with two attached hydrogens (primary N) is 1. The van der Waals surface area contributed by atoms with E-state index in [0.717, 1.165) is 37.3 Å². The Labute approximate surface area is 219 Å². The van der Waals surface area contributed by atoms with Crippen LogP contribution in [0.2, 0.25) is 0 Å². The summed E-state index contributed by atoms with van der Waals surface area (Å²) in [5.74, 6) is -0.392. The normalized spacial score (nSPS) is 18.8. The van der Waals surface area contributed by atoms with Gasteiger partial charge in [-0.05, 0) is 63.1 Å². The molecule has 200 valence electrons. The molecule has 2 aliphatic heterocycles. The number of hydrogen-bond acceptors (Lipinski definition) is 6. The zero-order valence-electron chi connectivity index (χ0n) is 20.8. The third-order valence-corrected chi connectivity index (χ3v) is 6.96. The van der Waals surface area contributed by atoms with Crippen LogP contribution in [0.3, 0.4) is 0 Å². The Morgan fingerprint density at radius 1 is 1.05 bits per heavy atom. The van der Waals surface area contributed by atoms with Crippen molar-refractivity contribution in [2.75, 3.05) is 68.1 Å². The summed E-state index contributed by atoms with van der Waals surface area (Å²) in [7, 11) is 4.09. The van der Waals surface area contributed by atoms with Crippen LogP contribution in [-0.2, 0) is 6.18 Å². The molecule has 7 nitrogen and oxygen atoms in total. The van der Waals surface area contributed by atoms with Crippen molar-refractivity contribution >= 4 is 40.6 Å². The molecule has 12 heteroatoms. The van der Waals surface area contributed by atoms with E-state index in [1.807, 2.05) is 30.0 Å². The van der Waals surface area contributed by atoms with Gasteiger partial charge in [0.05, 0.1) is 17.5 Å². The molecule has 0 amide bonds. The van der Waals surface area contributed by atoms with E-state index in [0.29, 0.717) is 49.2 Å². The minimum Gasteiger partial charge on any atom is -0.375 e. The van der Waals surface area contributed by atoms with Gasteiger partial charge in [0.25, 0.3) is 0 Å². The maximum Gasteiger partial charge on any atom is 0.416 e. The van der Waals surface area contributed by atoms with Gasteiger partial charge >= 0.3 is 6.18 Å². The molecule has 0 unspecified atom stereocenters. The Bertz CT molecular complexity index is 1150. The quantitative estimate of drug-likeness (QED) is 0.253. The molecule has 1 atom stereocenters. The molecule has 4 rings (SSSR count). The van der Waals surface area contributed by atoms with Gasteiger partial charge in [-0.1, -0.05) is 6.07 Å². The highest BCUT2D eigenvalue weighted by molar-refractivity contribution is 7.80. The number of likely N-dealkylation sites (N-methyl/N-ethyl adjacent to an activating group) is 1. The third-order valence-electron chi connectivity index (χ3n) is 6.87. The molecule has 2 heterocycles. The minimum absolute atomic E-state index is 0.0161. The van der Waals surface area contributed by atoms with Gasteiger partial charge in [-0.3, -0.25) is 5.43 Å². The van der Waals surface area contributed by atoms with E-state index in [1.165, 1.54) is 18.3 Å². The first-order valence-corrected chi connectivity index (χ1v) is 12.4. The maximum atomic E-state index is 15.4. The van der Waals surface area contributed by atoms with Crippen LogP contribution in [0.5, 0.6) is 0 Å². The molecule has 0 aromatic heterocycles. The van der Waals surface area contributed by atoms with E-state index in [9.17, 15) is 13.2 Å². The van der Waals surface area contributed by atoms with E-state index in [2.05, 4.69) is 20.3 Å². The van der Waals surface area contributed by atoms with Crippen LogP contribution in [-0.4, -0.2) is 75.6 Å². The fraction of sp³-hybridized carbons (Fsp3) is 0.440. The lowest BCUT2D eigenvalue weighted by Gasteiger charge is -2.38. The topological polar surface area (TPSA) is 63.4 Å². The van der Waals surface area contributed by atoms with Crippen molar-refractivity contribution in [3.63, 3.8) is 0 Å². The minimum atomic E-state index is -4.39. The highest BCUT2D eigenvalue weighted by Crippen LogP contribution is 2.34. The molecule has 37 heavy (non-hydrogen) atoms. The number of hydrogen-bond donors (Lipinski definition) is 2. The zero-order chi connectivity index (χ0) is 26.7.